The molecule has 0 spiro atoms. The first-order chi connectivity index (χ1) is 7.83. The Labute approximate surface area is 106 Å². The fourth-order valence-corrected chi connectivity index (χ4v) is 3.00. The summed E-state index contributed by atoms with van der Waals surface area (Å²) in [7, 11) is 0. The van der Waals surface area contributed by atoms with E-state index in [1.807, 2.05) is 0 Å². The van der Waals surface area contributed by atoms with E-state index in [0.717, 1.165) is 0 Å². The third-order valence-corrected chi connectivity index (χ3v) is 4.04. The molecule has 0 saturated carbocycles. The van der Waals surface area contributed by atoms with Gasteiger partial charge in [-0.2, -0.15) is 0 Å². The van der Waals surface area contributed by atoms with E-state index in [1.54, 1.807) is 0 Å². The topological polar surface area (TPSA) is 29.3 Å². The van der Waals surface area contributed by atoms with E-state index in [-0.39, 0.29) is 0 Å². The molecule has 0 aliphatic carbocycles. The van der Waals surface area contributed by atoms with Crippen LogP contribution >= 0.6 is 15.9 Å². The van der Waals surface area contributed by atoms with Crippen molar-refractivity contribution in [3.8, 4) is 0 Å². The molecule has 1 fully saturated rings. The summed E-state index contributed by atoms with van der Waals surface area (Å²) >= 11 is 3.62. The maximum absolute atomic E-state index is 5.94. The summed E-state index contributed by atoms with van der Waals surface area (Å²) in [6, 6.07) is 8.79. The first-order valence-corrected chi connectivity index (χ1v) is 6.81. The van der Waals surface area contributed by atoms with Crippen molar-refractivity contribution in [2.75, 3.05) is 19.6 Å². The van der Waals surface area contributed by atoms with Crippen LogP contribution in [0, 0.1) is 0 Å². The molecule has 16 heavy (non-hydrogen) atoms. The minimum Gasteiger partial charge on any atom is -0.329 e. The number of nitrogens with zero attached hydrogens (tertiary/aromatic N) is 1. The molecule has 1 aliphatic rings. The zero-order valence-electron chi connectivity index (χ0n) is 9.53. The molecule has 2 rings (SSSR count). The lowest BCUT2D eigenvalue weighted by Crippen LogP contribution is -2.37. The first-order valence-electron chi connectivity index (χ1n) is 6.01. The molecular weight excluding hydrogens is 264 g/mol. The van der Waals surface area contributed by atoms with E-state index in [2.05, 4.69) is 45.1 Å². The molecule has 2 N–H and O–H groups in total. The van der Waals surface area contributed by atoms with Crippen LogP contribution in [0.1, 0.15) is 30.9 Å². The molecule has 2 nitrogen and oxygen atoms in total. The fraction of sp³-hybridized carbons (Fsp3) is 0.538. The minimum atomic E-state index is 0.371. The van der Waals surface area contributed by atoms with Crippen LogP contribution in [0.2, 0.25) is 0 Å². The maximum atomic E-state index is 5.94. The van der Waals surface area contributed by atoms with Crippen LogP contribution in [-0.4, -0.2) is 24.5 Å². The maximum Gasteiger partial charge on any atom is 0.0481 e. The van der Waals surface area contributed by atoms with Crippen molar-refractivity contribution in [1.29, 1.82) is 0 Å². The Kier molecular flexibility index (Phi) is 4.38. The SMILES string of the molecule is NCC(c1ccccc1Br)N1CCCCC1. The molecule has 1 aliphatic heterocycles. The molecule has 1 aromatic carbocycles. The highest BCUT2D eigenvalue weighted by molar-refractivity contribution is 9.10. The zero-order chi connectivity index (χ0) is 11.4. The molecule has 3 heteroatoms. The number of hydrogen-bond acceptors (Lipinski definition) is 2. The average molecular weight is 283 g/mol. The molecule has 1 heterocycles. The van der Waals surface area contributed by atoms with Crippen molar-refractivity contribution in [3.63, 3.8) is 0 Å². The van der Waals surface area contributed by atoms with Gasteiger partial charge in [-0.05, 0) is 37.6 Å². The Balaban J connectivity index is 2.18. The van der Waals surface area contributed by atoms with Gasteiger partial charge >= 0.3 is 0 Å². The van der Waals surface area contributed by atoms with Crippen molar-refractivity contribution in [2.45, 2.75) is 25.3 Å². The van der Waals surface area contributed by atoms with Crippen molar-refractivity contribution >= 4 is 15.9 Å². The number of rotatable bonds is 3. The van der Waals surface area contributed by atoms with E-state index in [9.17, 15) is 0 Å². The monoisotopic (exact) mass is 282 g/mol. The number of likely N-dealkylation sites (tertiary alicyclic amines) is 1. The Hall–Kier alpha value is -0.380. The van der Waals surface area contributed by atoms with Gasteiger partial charge in [-0.1, -0.05) is 40.5 Å². The summed E-state index contributed by atoms with van der Waals surface area (Å²) in [6.45, 7) is 3.06. The molecule has 1 atom stereocenters. The van der Waals surface area contributed by atoms with Gasteiger partial charge in [0.1, 0.15) is 0 Å². The Morgan fingerprint density at radius 3 is 2.50 bits per heavy atom. The number of hydrogen-bond donors (Lipinski definition) is 1. The summed E-state index contributed by atoms with van der Waals surface area (Å²) in [5, 5.41) is 0. The fourth-order valence-electron chi connectivity index (χ4n) is 2.45. The zero-order valence-corrected chi connectivity index (χ0v) is 11.1. The molecule has 1 aromatic rings. The normalized spacial score (nSPS) is 19.6. The van der Waals surface area contributed by atoms with E-state index in [0.29, 0.717) is 12.6 Å². The predicted molar refractivity (Wildman–Crippen MR) is 71.4 cm³/mol. The highest BCUT2D eigenvalue weighted by Crippen LogP contribution is 2.29. The summed E-state index contributed by atoms with van der Waals surface area (Å²) < 4.78 is 1.18. The van der Waals surface area contributed by atoms with Gasteiger partial charge < -0.3 is 5.73 Å². The Morgan fingerprint density at radius 1 is 1.19 bits per heavy atom. The smallest absolute Gasteiger partial charge is 0.0481 e. The second kappa shape index (κ2) is 5.80. The second-order valence-electron chi connectivity index (χ2n) is 4.37. The van der Waals surface area contributed by atoms with Gasteiger partial charge in [0.25, 0.3) is 0 Å². The van der Waals surface area contributed by atoms with Crippen LogP contribution in [0.4, 0.5) is 0 Å². The molecule has 0 amide bonds. The van der Waals surface area contributed by atoms with Gasteiger partial charge in [-0.15, -0.1) is 0 Å². The molecule has 0 radical (unpaired) electrons. The van der Waals surface area contributed by atoms with Crippen molar-refractivity contribution in [2.24, 2.45) is 5.73 Å². The predicted octanol–water partition coefficient (Wildman–Crippen LogP) is 2.93. The van der Waals surface area contributed by atoms with Gasteiger partial charge in [0.2, 0.25) is 0 Å². The minimum absolute atomic E-state index is 0.371. The van der Waals surface area contributed by atoms with Gasteiger partial charge in [-0.25, -0.2) is 0 Å². The van der Waals surface area contributed by atoms with Gasteiger partial charge in [0.05, 0.1) is 0 Å². The molecule has 0 aromatic heterocycles. The lowest BCUT2D eigenvalue weighted by molar-refractivity contribution is 0.167. The molecule has 1 unspecified atom stereocenters. The van der Waals surface area contributed by atoms with Gasteiger partial charge in [0.15, 0.2) is 0 Å². The molecular formula is C13H19BrN2. The third-order valence-electron chi connectivity index (χ3n) is 3.32. The number of nitrogens with two attached hydrogens (primary N) is 1. The molecule has 1 saturated heterocycles. The van der Waals surface area contributed by atoms with E-state index in [4.69, 9.17) is 5.73 Å². The molecule has 88 valence electrons. The quantitative estimate of drug-likeness (QED) is 0.924. The molecule has 0 bridgehead atoms. The van der Waals surface area contributed by atoms with Gasteiger partial charge in [-0.3, -0.25) is 4.90 Å². The number of piperidine rings is 1. The summed E-state index contributed by atoms with van der Waals surface area (Å²) in [5.74, 6) is 0. The van der Waals surface area contributed by atoms with Crippen LogP contribution < -0.4 is 5.73 Å². The Bertz CT molecular complexity index is 334. The van der Waals surface area contributed by atoms with E-state index in [1.165, 1.54) is 42.4 Å². The average Bonchev–Trinajstić information content (AvgIpc) is 2.34. The summed E-state index contributed by atoms with van der Waals surface area (Å²) in [4.78, 5) is 2.52. The van der Waals surface area contributed by atoms with E-state index < -0.39 is 0 Å². The number of halogens is 1. The highest BCUT2D eigenvalue weighted by Gasteiger charge is 2.22. The number of benzene rings is 1. The standard InChI is InChI=1S/C13H19BrN2/c14-12-7-3-2-6-11(12)13(10-15)16-8-4-1-5-9-16/h2-3,6-7,13H,1,4-5,8-10,15H2. The van der Waals surface area contributed by atoms with Crippen molar-refractivity contribution in [3.05, 3.63) is 34.3 Å². The van der Waals surface area contributed by atoms with Crippen LogP contribution in [0.15, 0.2) is 28.7 Å². The van der Waals surface area contributed by atoms with Crippen LogP contribution in [0.3, 0.4) is 0 Å². The van der Waals surface area contributed by atoms with Crippen molar-refractivity contribution in [1.82, 2.24) is 4.90 Å². The van der Waals surface area contributed by atoms with Crippen LogP contribution in [0.25, 0.3) is 0 Å². The van der Waals surface area contributed by atoms with Crippen molar-refractivity contribution < 1.29 is 0 Å². The van der Waals surface area contributed by atoms with Crippen LogP contribution in [0.5, 0.6) is 0 Å². The lowest BCUT2D eigenvalue weighted by atomic mass is 10.0. The third kappa shape index (κ3) is 2.65. The summed E-state index contributed by atoms with van der Waals surface area (Å²) in [5.41, 5.74) is 7.27. The van der Waals surface area contributed by atoms with Gasteiger partial charge in [0, 0.05) is 17.1 Å². The second-order valence-corrected chi connectivity index (χ2v) is 5.22. The largest absolute Gasteiger partial charge is 0.329 e. The first kappa shape index (κ1) is 12.1. The summed E-state index contributed by atoms with van der Waals surface area (Å²) in [6.07, 6.45) is 3.98. The van der Waals surface area contributed by atoms with Crippen LogP contribution in [-0.2, 0) is 0 Å². The Morgan fingerprint density at radius 2 is 1.88 bits per heavy atom. The highest BCUT2D eigenvalue weighted by atomic mass is 79.9. The lowest BCUT2D eigenvalue weighted by Gasteiger charge is -2.34. The van der Waals surface area contributed by atoms with E-state index >= 15 is 0 Å².